The third-order valence-corrected chi connectivity index (χ3v) is 7.89. The molecule has 2 aromatic carbocycles. The van der Waals surface area contributed by atoms with E-state index < -0.39 is 46.0 Å². The zero-order valence-corrected chi connectivity index (χ0v) is 20.9. The van der Waals surface area contributed by atoms with Gasteiger partial charge in [-0.15, -0.1) is 0 Å². The van der Waals surface area contributed by atoms with Crippen molar-refractivity contribution in [1.82, 2.24) is 20.3 Å². The van der Waals surface area contributed by atoms with Gasteiger partial charge in [-0.3, -0.25) is 20.4 Å². The molecule has 3 N–H and O–H groups in total. The van der Waals surface area contributed by atoms with Crippen LogP contribution in [0.2, 0.25) is 0 Å². The van der Waals surface area contributed by atoms with Crippen molar-refractivity contribution < 1.29 is 36.0 Å². The summed E-state index contributed by atoms with van der Waals surface area (Å²) in [7, 11) is -1.60. The fourth-order valence-corrected chi connectivity index (χ4v) is 5.76. The fraction of sp³-hybridized carbons (Fsp3) is 0.292. The number of nitrogens with zero attached hydrogens (tertiary/aromatic N) is 2. The minimum atomic E-state index is -3.49. The molecule has 1 fully saturated rings. The van der Waals surface area contributed by atoms with Crippen LogP contribution in [0, 0.1) is 5.82 Å². The third-order valence-electron chi connectivity index (χ3n) is 6.20. The monoisotopic (exact) mass is 551 g/mol. The Morgan fingerprint density at radius 3 is 2.55 bits per heavy atom. The lowest BCUT2D eigenvalue weighted by Crippen LogP contribution is -2.53. The molecule has 202 valence electrons. The number of amides is 4. The minimum Gasteiger partial charge on any atom is -0.351 e. The van der Waals surface area contributed by atoms with Gasteiger partial charge in [0.25, 0.3) is 5.91 Å². The standard InChI is InChI=1S/C24H24F3N5O5S/c1-31-7-6-15-10-17(4-5-20(15)31)28-24(35)32-8-9-38(36,37)13-18(32)11-14-2-3-16(12-19(14)25)22(33)29-30-23(34)21(26)27/h2-7,10,12,18,21H,8-9,11,13H2,1H3,(H,28,35)(H,29,33)(H,30,34). The maximum Gasteiger partial charge on any atom is 0.322 e. The largest absolute Gasteiger partial charge is 0.351 e. The Kier molecular flexibility index (Phi) is 7.62. The average molecular weight is 552 g/mol. The smallest absolute Gasteiger partial charge is 0.322 e. The van der Waals surface area contributed by atoms with Crippen LogP contribution in [-0.2, 0) is 28.1 Å². The van der Waals surface area contributed by atoms with Crippen LogP contribution in [0.15, 0.2) is 48.7 Å². The van der Waals surface area contributed by atoms with Crippen LogP contribution in [0.4, 0.5) is 23.7 Å². The van der Waals surface area contributed by atoms with Gasteiger partial charge in [0.15, 0.2) is 9.84 Å². The number of alkyl halides is 2. The molecule has 1 aliphatic heterocycles. The van der Waals surface area contributed by atoms with Crippen LogP contribution in [0.25, 0.3) is 10.9 Å². The van der Waals surface area contributed by atoms with Crippen LogP contribution in [-0.4, -0.2) is 66.2 Å². The first-order chi connectivity index (χ1) is 17.9. The van der Waals surface area contributed by atoms with E-state index in [1.165, 1.54) is 22.5 Å². The molecule has 1 aromatic heterocycles. The number of benzene rings is 2. The van der Waals surface area contributed by atoms with E-state index in [9.17, 15) is 36.0 Å². The second kappa shape index (κ2) is 10.7. The SMILES string of the molecule is Cn1ccc2cc(NC(=O)N3CCS(=O)(=O)CC3Cc3ccc(C(=O)NNC(=O)C(F)F)cc3F)ccc21. The van der Waals surface area contributed by atoms with Gasteiger partial charge < -0.3 is 14.8 Å². The number of hydrazine groups is 1. The maximum absolute atomic E-state index is 14.9. The molecule has 0 aliphatic carbocycles. The van der Waals surface area contributed by atoms with E-state index >= 15 is 0 Å². The Labute approximate surface area is 215 Å². The molecule has 0 spiro atoms. The molecule has 4 amide bonds. The molecule has 0 saturated carbocycles. The molecule has 1 saturated heterocycles. The molecule has 1 unspecified atom stereocenters. The lowest BCUT2D eigenvalue weighted by molar-refractivity contribution is -0.132. The number of hydrogen-bond donors (Lipinski definition) is 3. The minimum absolute atomic E-state index is 0.0452. The predicted molar refractivity (Wildman–Crippen MR) is 133 cm³/mol. The molecule has 2 heterocycles. The number of hydrogen-bond acceptors (Lipinski definition) is 5. The molecule has 4 rings (SSSR count). The van der Waals surface area contributed by atoms with Gasteiger partial charge in [-0.1, -0.05) is 6.07 Å². The molecule has 14 heteroatoms. The molecule has 1 aliphatic rings. The maximum atomic E-state index is 14.9. The second-order valence-electron chi connectivity index (χ2n) is 8.85. The summed E-state index contributed by atoms with van der Waals surface area (Å²) in [4.78, 5) is 37.4. The molecular weight excluding hydrogens is 527 g/mol. The van der Waals surface area contributed by atoms with Crippen molar-refractivity contribution in [1.29, 1.82) is 0 Å². The molecule has 38 heavy (non-hydrogen) atoms. The van der Waals surface area contributed by atoms with Crippen LogP contribution in [0.1, 0.15) is 15.9 Å². The zero-order chi connectivity index (χ0) is 27.6. The average Bonchev–Trinajstić information content (AvgIpc) is 3.22. The topological polar surface area (TPSA) is 130 Å². The van der Waals surface area contributed by atoms with E-state index in [1.807, 2.05) is 29.9 Å². The predicted octanol–water partition coefficient (Wildman–Crippen LogP) is 2.22. The van der Waals surface area contributed by atoms with Crippen molar-refractivity contribution in [2.45, 2.75) is 18.9 Å². The third kappa shape index (κ3) is 6.07. The van der Waals surface area contributed by atoms with Crippen molar-refractivity contribution in [3.8, 4) is 0 Å². The van der Waals surface area contributed by atoms with Crippen LogP contribution in [0.5, 0.6) is 0 Å². The van der Waals surface area contributed by atoms with Gasteiger partial charge >= 0.3 is 18.4 Å². The lowest BCUT2D eigenvalue weighted by Gasteiger charge is -2.35. The van der Waals surface area contributed by atoms with Gasteiger partial charge in [-0.25, -0.2) is 17.6 Å². The van der Waals surface area contributed by atoms with Crippen LogP contribution in [0.3, 0.4) is 0 Å². The first-order valence-corrected chi connectivity index (χ1v) is 13.3. The molecular formula is C24H24F3N5O5S. The first kappa shape index (κ1) is 27.0. The van der Waals surface area contributed by atoms with E-state index in [0.717, 1.165) is 17.0 Å². The normalized spacial score (nSPS) is 16.9. The number of rotatable bonds is 5. The zero-order valence-electron chi connectivity index (χ0n) is 20.1. The Morgan fingerprint density at radius 1 is 1.08 bits per heavy atom. The summed E-state index contributed by atoms with van der Waals surface area (Å²) >= 11 is 0. The van der Waals surface area contributed by atoms with Gasteiger partial charge in [0.05, 0.1) is 17.5 Å². The van der Waals surface area contributed by atoms with Crippen molar-refractivity contribution >= 4 is 44.3 Å². The highest BCUT2D eigenvalue weighted by Gasteiger charge is 2.35. The molecule has 0 bridgehead atoms. The Morgan fingerprint density at radius 2 is 1.84 bits per heavy atom. The number of carbonyl (C=O) groups excluding carboxylic acids is 3. The number of fused-ring (bicyclic) bond motifs is 1. The number of carbonyl (C=O) groups is 3. The summed E-state index contributed by atoms with van der Waals surface area (Å²) in [6, 6.07) is 9.09. The second-order valence-corrected chi connectivity index (χ2v) is 11.1. The number of aromatic nitrogens is 1. The Hall–Kier alpha value is -4.07. The fourth-order valence-electron chi connectivity index (χ4n) is 4.23. The van der Waals surface area contributed by atoms with Gasteiger partial charge in [-0.2, -0.15) is 8.78 Å². The van der Waals surface area contributed by atoms with E-state index in [2.05, 4.69) is 5.32 Å². The number of halogens is 3. The van der Waals surface area contributed by atoms with E-state index in [0.29, 0.717) is 5.69 Å². The van der Waals surface area contributed by atoms with Crippen LogP contribution >= 0.6 is 0 Å². The Balaban J connectivity index is 1.48. The molecule has 10 nitrogen and oxygen atoms in total. The van der Waals surface area contributed by atoms with Crippen molar-refractivity contribution in [3.05, 3.63) is 65.6 Å². The summed E-state index contributed by atoms with van der Waals surface area (Å²) in [6.07, 6.45) is -1.62. The number of nitrogens with one attached hydrogen (secondary N) is 3. The number of sulfone groups is 1. The first-order valence-electron chi connectivity index (χ1n) is 11.4. The molecule has 1 atom stereocenters. The van der Waals surface area contributed by atoms with Gasteiger partial charge in [0.1, 0.15) is 5.82 Å². The van der Waals surface area contributed by atoms with E-state index in [4.69, 9.17) is 0 Å². The summed E-state index contributed by atoms with van der Waals surface area (Å²) < 4.78 is 65.9. The van der Waals surface area contributed by atoms with Crippen LogP contribution < -0.4 is 16.2 Å². The quantitative estimate of drug-likeness (QED) is 0.419. The summed E-state index contributed by atoms with van der Waals surface area (Å²) in [5, 5.41) is 3.68. The summed E-state index contributed by atoms with van der Waals surface area (Å²) in [5.41, 5.74) is 4.52. The highest BCUT2D eigenvalue weighted by molar-refractivity contribution is 7.91. The number of urea groups is 1. The highest BCUT2D eigenvalue weighted by atomic mass is 32.2. The Bertz CT molecular complexity index is 1510. The van der Waals surface area contributed by atoms with Gasteiger partial charge in [-0.05, 0) is 48.4 Å². The number of aryl methyl sites for hydroxylation is 1. The van der Waals surface area contributed by atoms with E-state index in [-0.39, 0.29) is 35.6 Å². The van der Waals surface area contributed by atoms with Crippen molar-refractivity contribution in [3.63, 3.8) is 0 Å². The molecule has 0 radical (unpaired) electrons. The number of anilines is 1. The van der Waals surface area contributed by atoms with Gasteiger partial charge in [0.2, 0.25) is 0 Å². The summed E-state index contributed by atoms with van der Waals surface area (Å²) in [6.45, 7) is -0.0850. The highest BCUT2D eigenvalue weighted by Crippen LogP contribution is 2.23. The van der Waals surface area contributed by atoms with E-state index in [1.54, 1.807) is 17.6 Å². The van der Waals surface area contributed by atoms with Crippen molar-refractivity contribution in [2.24, 2.45) is 7.05 Å². The van der Waals surface area contributed by atoms with Gasteiger partial charge in [0, 0.05) is 41.9 Å². The summed E-state index contributed by atoms with van der Waals surface area (Å²) in [5.74, 6) is -4.23. The molecule has 3 aromatic rings. The van der Waals surface area contributed by atoms with Crippen molar-refractivity contribution in [2.75, 3.05) is 23.4 Å². The lowest BCUT2D eigenvalue weighted by atomic mass is 10.0.